The SMILES string of the molecule is Cc1cc(C2C[C@H]3CC[C@@H](C2)N3c2ccc(C(=O)N(C)C)cn2)ccc1F. The third-order valence-electron chi connectivity index (χ3n) is 6.05. The molecule has 0 spiro atoms. The number of rotatable bonds is 3. The molecular formula is C22H26FN3O. The van der Waals surface area contributed by atoms with Crippen molar-refractivity contribution in [2.24, 2.45) is 0 Å². The molecule has 2 aliphatic rings. The molecule has 0 aliphatic carbocycles. The number of fused-ring (bicyclic) bond motifs is 2. The summed E-state index contributed by atoms with van der Waals surface area (Å²) in [5, 5.41) is 0. The first-order valence-corrected chi connectivity index (χ1v) is 9.66. The number of halogens is 1. The maximum atomic E-state index is 13.6. The van der Waals surface area contributed by atoms with Crippen LogP contribution in [0.4, 0.5) is 10.2 Å². The highest BCUT2D eigenvalue weighted by Gasteiger charge is 2.41. The molecule has 1 aromatic heterocycles. The number of benzene rings is 1. The molecular weight excluding hydrogens is 341 g/mol. The van der Waals surface area contributed by atoms with Gasteiger partial charge in [0.25, 0.3) is 5.91 Å². The van der Waals surface area contributed by atoms with E-state index in [1.807, 2.05) is 31.2 Å². The first-order chi connectivity index (χ1) is 12.9. The number of nitrogens with zero attached hydrogens (tertiary/aromatic N) is 3. The van der Waals surface area contributed by atoms with Crippen LogP contribution < -0.4 is 4.90 Å². The molecule has 1 unspecified atom stereocenters. The summed E-state index contributed by atoms with van der Waals surface area (Å²) in [5.41, 5.74) is 2.60. The van der Waals surface area contributed by atoms with Crippen LogP contribution in [0.2, 0.25) is 0 Å². The second-order valence-corrected chi connectivity index (χ2v) is 8.07. The van der Waals surface area contributed by atoms with Crippen LogP contribution >= 0.6 is 0 Å². The lowest BCUT2D eigenvalue weighted by Gasteiger charge is -2.40. The highest BCUT2D eigenvalue weighted by molar-refractivity contribution is 5.93. The third-order valence-corrected chi connectivity index (χ3v) is 6.05. The van der Waals surface area contributed by atoms with Crippen molar-refractivity contribution in [2.75, 3.05) is 19.0 Å². The lowest BCUT2D eigenvalue weighted by Crippen LogP contribution is -2.42. The minimum atomic E-state index is -0.129. The number of pyridine rings is 1. The van der Waals surface area contributed by atoms with E-state index in [1.165, 1.54) is 18.4 Å². The summed E-state index contributed by atoms with van der Waals surface area (Å²) in [6, 6.07) is 10.3. The van der Waals surface area contributed by atoms with Gasteiger partial charge in [0.15, 0.2) is 0 Å². The van der Waals surface area contributed by atoms with Crippen LogP contribution in [-0.2, 0) is 0 Å². The average Bonchev–Trinajstić information content (AvgIpc) is 2.92. The molecule has 2 aliphatic heterocycles. The quantitative estimate of drug-likeness (QED) is 0.818. The Kier molecular flexibility index (Phi) is 4.62. The van der Waals surface area contributed by atoms with Gasteiger partial charge in [-0.05, 0) is 67.9 Å². The minimum Gasteiger partial charge on any atom is -0.351 e. The van der Waals surface area contributed by atoms with Gasteiger partial charge in [-0.2, -0.15) is 0 Å². The molecule has 4 nitrogen and oxygen atoms in total. The van der Waals surface area contributed by atoms with Crippen LogP contribution in [0.1, 0.15) is 53.1 Å². The highest BCUT2D eigenvalue weighted by atomic mass is 19.1. The summed E-state index contributed by atoms with van der Waals surface area (Å²) in [6.07, 6.45) is 6.17. The zero-order valence-corrected chi connectivity index (χ0v) is 16.2. The van der Waals surface area contributed by atoms with Crippen molar-refractivity contribution in [3.8, 4) is 0 Å². The Hall–Kier alpha value is -2.43. The van der Waals surface area contributed by atoms with Crippen molar-refractivity contribution < 1.29 is 9.18 Å². The van der Waals surface area contributed by atoms with Crippen LogP contribution in [0, 0.1) is 12.7 Å². The van der Waals surface area contributed by atoms with Crippen LogP contribution in [0.3, 0.4) is 0 Å². The van der Waals surface area contributed by atoms with E-state index in [9.17, 15) is 9.18 Å². The molecule has 142 valence electrons. The van der Waals surface area contributed by atoms with E-state index >= 15 is 0 Å². The third kappa shape index (κ3) is 3.31. The normalized spacial score (nSPS) is 24.1. The van der Waals surface area contributed by atoms with Crippen molar-refractivity contribution in [3.63, 3.8) is 0 Å². The average molecular weight is 367 g/mol. The summed E-state index contributed by atoms with van der Waals surface area (Å²) in [4.78, 5) is 20.7. The Balaban J connectivity index is 1.52. The zero-order valence-electron chi connectivity index (χ0n) is 16.2. The van der Waals surface area contributed by atoms with Crippen LogP contribution in [0.5, 0.6) is 0 Å². The minimum absolute atomic E-state index is 0.0255. The van der Waals surface area contributed by atoms with E-state index in [-0.39, 0.29) is 11.7 Å². The number of carbonyl (C=O) groups excluding carboxylic acids is 1. The molecule has 3 atom stereocenters. The summed E-state index contributed by atoms with van der Waals surface area (Å²) in [7, 11) is 3.50. The van der Waals surface area contributed by atoms with Crippen LogP contribution in [-0.4, -0.2) is 42.0 Å². The molecule has 0 saturated carbocycles. The maximum absolute atomic E-state index is 13.6. The van der Waals surface area contributed by atoms with E-state index in [4.69, 9.17) is 0 Å². The first-order valence-electron chi connectivity index (χ1n) is 9.66. The topological polar surface area (TPSA) is 36.4 Å². The fourth-order valence-electron chi connectivity index (χ4n) is 4.67. The number of piperidine rings is 1. The van der Waals surface area contributed by atoms with Gasteiger partial charge in [-0.25, -0.2) is 9.37 Å². The molecule has 2 aromatic rings. The molecule has 2 bridgehead atoms. The summed E-state index contributed by atoms with van der Waals surface area (Å²) in [5.74, 6) is 1.29. The number of aryl methyl sites for hydroxylation is 1. The number of hydrogen-bond acceptors (Lipinski definition) is 3. The molecule has 4 rings (SSSR count). The zero-order chi connectivity index (χ0) is 19.1. The van der Waals surface area contributed by atoms with Gasteiger partial charge in [-0.1, -0.05) is 12.1 Å². The number of amides is 1. The second-order valence-electron chi connectivity index (χ2n) is 8.07. The summed E-state index contributed by atoms with van der Waals surface area (Å²) in [6.45, 7) is 1.84. The van der Waals surface area contributed by atoms with E-state index in [1.54, 1.807) is 31.3 Å². The second kappa shape index (κ2) is 6.95. The van der Waals surface area contributed by atoms with E-state index in [2.05, 4.69) is 9.88 Å². The Bertz CT molecular complexity index is 835. The maximum Gasteiger partial charge on any atom is 0.254 e. The van der Waals surface area contributed by atoms with Crippen molar-refractivity contribution in [3.05, 3.63) is 59.0 Å². The Labute approximate surface area is 160 Å². The van der Waals surface area contributed by atoms with Crippen LogP contribution in [0.15, 0.2) is 36.5 Å². The van der Waals surface area contributed by atoms with Gasteiger partial charge >= 0.3 is 0 Å². The molecule has 2 saturated heterocycles. The Morgan fingerprint density at radius 1 is 1.15 bits per heavy atom. The molecule has 0 radical (unpaired) electrons. The molecule has 2 fully saturated rings. The van der Waals surface area contributed by atoms with Gasteiger partial charge in [-0.3, -0.25) is 4.79 Å². The van der Waals surface area contributed by atoms with Gasteiger partial charge < -0.3 is 9.80 Å². The fraction of sp³-hybridized carbons (Fsp3) is 0.455. The standard InChI is InChI=1S/C22H26FN3O/c1-14-10-15(4-8-20(14)23)17-11-18-6-7-19(12-17)26(18)21-9-5-16(13-24-21)22(27)25(2)3/h4-5,8-10,13,17-19H,6-7,11-12H2,1-3H3/t17?,18-,19+. The largest absolute Gasteiger partial charge is 0.351 e. The highest BCUT2D eigenvalue weighted by Crippen LogP contribution is 2.44. The fourth-order valence-corrected chi connectivity index (χ4v) is 4.67. The van der Waals surface area contributed by atoms with E-state index in [0.717, 1.165) is 24.2 Å². The predicted octanol–water partition coefficient (Wildman–Crippen LogP) is 4.15. The van der Waals surface area contributed by atoms with Gasteiger partial charge in [-0.15, -0.1) is 0 Å². The number of carbonyl (C=O) groups is 1. The van der Waals surface area contributed by atoms with Crippen molar-refractivity contribution in [1.82, 2.24) is 9.88 Å². The van der Waals surface area contributed by atoms with E-state index in [0.29, 0.717) is 23.6 Å². The summed E-state index contributed by atoms with van der Waals surface area (Å²) < 4.78 is 13.6. The monoisotopic (exact) mass is 367 g/mol. The van der Waals surface area contributed by atoms with Gasteiger partial charge in [0, 0.05) is 32.4 Å². The van der Waals surface area contributed by atoms with Crippen LogP contribution in [0.25, 0.3) is 0 Å². The lowest BCUT2D eigenvalue weighted by molar-refractivity contribution is 0.0827. The Morgan fingerprint density at radius 2 is 1.85 bits per heavy atom. The van der Waals surface area contributed by atoms with Crippen molar-refractivity contribution >= 4 is 11.7 Å². The molecule has 1 amide bonds. The summed E-state index contributed by atoms with van der Waals surface area (Å²) >= 11 is 0. The molecule has 3 heterocycles. The number of aromatic nitrogens is 1. The van der Waals surface area contributed by atoms with Gasteiger partial charge in [0.2, 0.25) is 0 Å². The number of hydrogen-bond donors (Lipinski definition) is 0. The van der Waals surface area contributed by atoms with E-state index < -0.39 is 0 Å². The predicted molar refractivity (Wildman–Crippen MR) is 105 cm³/mol. The molecule has 1 aromatic carbocycles. The van der Waals surface area contributed by atoms with Gasteiger partial charge in [0.05, 0.1) is 5.56 Å². The Morgan fingerprint density at radius 3 is 2.41 bits per heavy atom. The lowest BCUT2D eigenvalue weighted by atomic mass is 9.84. The molecule has 0 N–H and O–H groups in total. The smallest absolute Gasteiger partial charge is 0.254 e. The van der Waals surface area contributed by atoms with Crippen molar-refractivity contribution in [1.29, 1.82) is 0 Å². The first kappa shape index (κ1) is 18.0. The van der Waals surface area contributed by atoms with Crippen molar-refractivity contribution in [2.45, 2.75) is 50.6 Å². The van der Waals surface area contributed by atoms with Gasteiger partial charge in [0.1, 0.15) is 11.6 Å². The number of anilines is 1. The molecule has 27 heavy (non-hydrogen) atoms. The molecule has 5 heteroatoms.